The summed E-state index contributed by atoms with van der Waals surface area (Å²) in [6.07, 6.45) is 14.9. The summed E-state index contributed by atoms with van der Waals surface area (Å²) in [4.78, 5) is 38.1. The molecule has 1 heterocycles. The molecule has 3 aliphatic rings. The van der Waals surface area contributed by atoms with E-state index >= 15 is 0 Å². The normalized spacial score (nSPS) is 20.4. The van der Waals surface area contributed by atoms with E-state index in [1.165, 1.54) is 69.1 Å². The zero-order valence-electron chi connectivity index (χ0n) is 23.0. The van der Waals surface area contributed by atoms with Crippen molar-refractivity contribution in [1.82, 2.24) is 5.32 Å². The first kappa shape index (κ1) is 29.3. The molecule has 6 nitrogen and oxygen atoms in total. The summed E-state index contributed by atoms with van der Waals surface area (Å²) in [7, 11) is 0. The fourth-order valence-corrected chi connectivity index (χ4v) is 6.74. The predicted molar refractivity (Wildman–Crippen MR) is 158 cm³/mol. The minimum Gasteiger partial charge on any atom is -0.480 e. The quantitative estimate of drug-likeness (QED) is 0.410. The molecule has 0 aromatic heterocycles. The molecular formula is C32H42N2O4S. The summed E-state index contributed by atoms with van der Waals surface area (Å²) < 4.78 is 0. The predicted octanol–water partition coefficient (Wildman–Crippen LogP) is 6.48. The number of nitrogens with one attached hydrogen (secondary N) is 1. The van der Waals surface area contributed by atoms with E-state index in [4.69, 9.17) is 0 Å². The highest BCUT2D eigenvalue weighted by Gasteiger charge is 2.39. The van der Waals surface area contributed by atoms with Crippen molar-refractivity contribution in [1.29, 1.82) is 0 Å². The number of hydrogen-bond donors (Lipinski definition) is 2. The van der Waals surface area contributed by atoms with Crippen molar-refractivity contribution < 1.29 is 19.5 Å². The van der Waals surface area contributed by atoms with Crippen molar-refractivity contribution >= 4 is 34.4 Å². The number of thioether (sulfide) groups is 1. The highest BCUT2D eigenvalue weighted by molar-refractivity contribution is 8.14. The maximum atomic E-state index is 12.9. The molecule has 0 unspecified atom stereocenters. The lowest BCUT2D eigenvalue weighted by Gasteiger charge is -2.30. The van der Waals surface area contributed by atoms with Gasteiger partial charge in [-0.2, -0.15) is 0 Å². The van der Waals surface area contributed by atoms with Gasteiger partial charge < -0.3 is 10.4 Å². The van der Waals surface area contributed by atoms with Gasteiger partial charge in [-0.05, 0) is 37.3 Å². The van der Waals surface area contributed by atoms with Crippen LogP contribution in [-0.2, 0) is 16.0 Å². The highest BCUT2D eigenvalue weighted by Crippen LogP contribution is 2.34. The molecule has 2 N–H and O–H groups in total. The molecule has 2 aliphatic carbocycles. The Bertz CT molecular complexity index is 1080. The largest absolute Gasteiger partial charge is 0.480 e. The van der Waals surface area contributed by atoms with Crippen LogP contribution in [0.1, 0.15) is 87.1 Å². The van der Waals surface area contributed by atoms with Gasteiger partial charge in [0.2, 0.25) is 11.0 Å². The molecule has 2 saturated carbocycles. The van der Waals surface area contributed by atoms with Gasteiger partial charge in [-0.3, -0.25) is 14.5 Å². The molecule has 0 spiro atoms. The van der Waals surface area contributed by atoms with E-state index in [1.807, 2.05) is 18.2 Å². The van der Waals surface area contributed by atoms with Gasteiger partial charge in [0, 0.05) is 41.4 Å². The second-order valence-electron chi connectivity index (χ2n) is 11.1. The molecule has 1 amide bonds. The Balaban J connectivity index is 0.000000226. The number of carboxylic acids is 1. The fourth-order valence-electron chi connectivity index (χ4n) is 5.89. The summed E-state index contributed by atoms with van der Waals surface area (Å²) >= 11 is 1.08. The molecule has 5 rings (SSSR count). The highest BCUT2D eigenvalue weighted by atomic mass is 32.2. The first-order valence-corrected chi connectivity index (χ1v) is 15.5. The van der Waals surface area contributed by atoms with Crippen molar-refractivity contribution in [3.05, 3.63) is 65.7 Å². The molecule has 210 valence electrons. The van der Waals surface area contributed by atoms with Crippen molar-refractivity contribution in [2.75, 3.05) is 10.7 Å². The Kier molecular flexibility index (Phi) is 11.0. The standard InChI is InChI=1S/C20H19NO4S.C12H23N/c1-13(12-26-20(25)14-7-3-2-4-8-14)18(22)21-16-10-6-5-9-15(16)11-17(21)19(23)24;1-3-7-11(8-4-1)13-12-9-5-2-6-10-12/h2-10,13,17H,11-12H2,1H3,(H,23,24);11-13H,1-10H2/t13-,17-;/m0./s1. The SMILES string of the molecule is C1CCC(NC2CCCCC2)CC1.C[C@@H](CSC(=O)c1ccccc1)C(=O)N1c2ccccc2C[C@H]1C(=O)O. The number of amides is 1. The first-order chi connectivity index (χ1) is 18.9. The lowest BCUT2D eigenvalue weighted by Crippen LogP contribution is -2.45. The van der Waals surface area contributed by atoms with Gasteiger partial charge >= 0.3 is 5.97 Å². The summed E-state index contributed by atoms with van der Waals surface area (Å²) in [5.74, 6) is -1.46. The third kappa shape index (κ3) is 8.18. The number of carboxylic acid groups (broad SMARTS) is 1. The zero-order chi connectivity index (χ0) is 27.6. The molecule has 39 heavy (non-hydrogen) atoms. The van der Waals surface area contributed by atoms with Crippen LogP contribution in [0.3, 0.4) is 0 Å². The number of fused-ring (bicyclic) bond motifs is 1. The van der Waals surface area contributed by atoms with Gasteiger partial charge in [0.1, 0.15) is 6.04 Å². The zero-order valence-corrected chi connectivity index (χ0v) is 23.8. The molecule has 2 atom stereocenters. The van der Waals surface area contributed by atoms with Gasteiger partial charge in [-0.15, -0.1) is 0 Å². The maximum absolute atomic E-state index is 12.9. The van der Waals surface area contributed by atoms with Crippen LogP contribution in [0.15, 0.2) is 54.6 Å². The third-order valence-corrected chi connectivity index (χ3v) is 9.24. The number of para-hydroxylation sites is 1. The summed E-state index contributed by atoms with van der Waals surface area (Å²) in [5.41, 5.74) is 2.09. The first-order valence-electron chi connectivity index (χ1n) is 14.6. The Morgan fingerprint density at radius 3 is 2.03 bits per heavy atom. The second kappa shape index (κ2) is 14.7. The van der Waals surface area contributed by atoms with Crippen LogP contribution in [0.2, 0.25) is 0 Å². The van der Waals surface area contributed by atoms with Crippen LogP contribution < -0.4 is 10.2 Å². The monoisotopic (exact) mass is 550 g/mol. The van der Waals surface area contributed by atoms with Gasteiger partial charge in [0.25, 0.3) is 0 Å². The van der Waals surface area contributed by atoms with Crippen molar-refractivity contribution in [3.63, 3.8) is 0 Å². The number of nitrogens with zero attached hydrogens (tertiary/aromatic N) is 1. The van der Waals surface area contributed by atoms with Crippen LogP contribution in [0.5, 0.6) is 0 Å². The second-order valence-corrected chi connectivity index (χ2v) is 12.1. The molecule has 1 aliphatic heterocycles. The van der Waals surface area contributed by atoms with Gasteiger partial charge in [0.05, 0.1) is 0 Å². The minimum absolute atomic E-state index is 0.0955. The lowest BCUT2D eigenvalue weighted by molar-refractivity contribution is -0.140. The number of aliphatic carboxylic acids is 1. The molecule has 7 heteroatoms. The molecule has 0 saturated heterocycles. The summed E-state index contributed by atoms with van der Waals surface area (Å²) in [6, 6.07) is 17.0. The van der Waals surface area contributed by atoms with E-state index in [0.29, 0.717) is 23.4 Å². The Labute approximate surface area is 236 Å². The average Bonchev–Trinajstić information content (AvgIpc) is 3.37. The van der Waals surface area contributed by atoms with E-state index in [-0.39, 0.29) is 11.0 Å². The number of rotatable bonds is 7. The van der Waals surface area contributed by atoms with E-state index in [0.717, 1.165) is 29.4 Å². The topological polar surface area (TPSA) is 86.7 Å². The van der Waals surface area contributed by atoms with Crippen LogP contribution in [0.25, 0.3) is 0 Å². The van der Waals surface area contributed by atoms with Gasteiger partial charge in [-0.25, -0.2) is 4.79 Å². The molecular weight excluding hydrogens is 508 g/mol. The number of carbonyl (C=O) groups is 3. The molecule has 2 aromatic rings. The van der Waals surface area contributed by atoms with Crippen molar-refractivity contribution in [2.45, 2.75) is 95.7 Å². The Morgan fingerprint density at radius 2 is 1.44 bits per heavy atom. The van der Waals surface area contributed by atoms with Gasteiger partial charge in [-0.1, -0.05) is 106 Å². The van der Waals surface area contributed by atoms with E-state index in [1.54, 1.807) is 43.3 Å². The Hall–Kier alpha value is -2.64. The number of carbonyl (C=O) groups excluding carboxylic acids is 2. The van der Waals surface area contributed by atoms with Crippen LogP contribution in [0, 0.1) is 5.92 Å². The molecule has 0 radical (unpaired) electrons. The van der Waals surface area contributed by atoms with E-state index < -0.39 is 17.9 Å². The van der Waals surface area contributed by atoms with Crippen molar-refractivity contribution in [2.24, 2.45) is 5.92 Å². The summed E-state index contributed by atoms with van der Waals surface area (Å²) in [5, 5.41) is 13.3. The minimum atomic E-state index is -1.02. The third-order valence-electron chi connectivity index (χ3n) is 8.08. The van der Waals surface area contributed by atoms with E-state index in [9.17, 15) is 19.5 Å². The fraction of sp³-hybridized carbons (Fsp3) is 0.531. The summed E-state index contributed by atoms with van der Waals surface area (Å²) in [6.45, 7) is 1.73. The molecule has 2 aromatic carbocycles. The number of benzene rings is 2. The van der Waals surface area contributed by atoms with Gasteiger partial charge in [0.15, 0.2) is 0 Å². The smallest absolute Gasteiger partial charge is 0.327 e. The van der Waals surface area contributed by atoms with Crippen LogP contribution >= 0.6 is 11.8 Å². The van der Waals surface area contributed by atoms with Crippen LogP contribution in [0.4, 0.5) is 5.69 Å². The molecule has 0 bridgehead atoms. The number of anilines is 1. The van der Waals surface area contributed by atoms with Crippen LogP contribution in [-0.4, -0.2) is 46.0 Å². The average molecular weight is 551 g/mol. The lowest BCUT2D eigenvalue weighted by atomic mass is 9.91. The maximum Gasteiger partial charge on any atom is 0.327 e. The van der Waals surface area contributed by atoms with Crippen molar-refractivity contribution in [3.8, 4) is 0 Å². The number of hydrogen-bond acceptors (Lipinski definition) is 5. The Morgan fingerprint density at radius 1 is 0.872 bits per heavy atom. The van der Waals surface area contributed by atoms with E-state index in [2.05, 4.69) is 5.32 Å². The molecule has 2 fully saturated rings.